The molecular formula is C23H22Cl3F3N6O2. The molecule has 1 saturated carbocycles. The van der Waals surface area contributed by atoms with E-state index in [9.17, 15) is 13.2 Å². The van der Waals surface area contributed by atoms with Crippen LogP contribution in [0.15, 0.2) is 30.6 Å². The van der Waals surface area contributed by atoms with Gasteiger partial charge in [0, 0.05) is 55.0 Å². The second-order valence-corrected chi connectivity index (χ2v) is 9.86. The molecule has 37 heavy (non-hydrogen) atoms. The molecule has 3 aromatic rings. The van der Waals surface area contributed by atoms with Gasteiger partial charge in [-0.05, 0) is 36.6 Å². The summed E-state index contributed by atoms with van der Waals surface area (Å²) in [6.45, 7) is 4.29. The number of alkyl halides is 3. The van der Waals surface area contributed by atoms with Gasteiger partial charge in [0.05, 0.1) is 11.2 Å². The molecule has 0 radical (unpaired) electrons. The van der Waals surface area contributed by atoms with Gasteiger partial charge in [-0.25, -0.2) is 14.8 Å². The van der Waals surface area contributed by atoms with E-state index < -0.39 is 12.1 Å². The molecule has 198 valence electrons. The quantitative estimate of drug-likeness (QED) is 0.410. The number of carboxylic acid groups (broad SMARTS) is 1. The summed E-state index contributed by atoms with van der Waals surface area (Å²) in [6.07, 6.45) is 0.573. The molecule has 1 aliphatic carbocycles. The van der Waals surface area contributed by atoms with Gasteiger partial charge in [-0.1, -0.05) is 34.8 Å². The van der Waals surface area contributed by atoms with Gasteiger partial charge in [-0.15, -0.1) is 0 Å². The third kappa shape index (κ3) is 7.25. The Morgan fingerprint density at radius 3 is 2.35 bits per heavy atom. The molecule has 0 spiro atoms. The number of carboxylic acids is 1. The van der Waals surface area contributed by atoms with Crippen LogP contribution in [0.3, 0.4) is 0 Å². The van der Waals surface area contributed by atoms with Crippen molar-refractivity contribution < 1.29 is 23.1 Å². The Balaban J connectivity index is 0.000000405. The van der Waals surface area contributed by atoms with Crippen molar-refractivity contribution in [3.63, 3.8) is 0 Å². The lowest BCUT2D eigenvalue weighted by molar-refractivity contribution is -0.192. The highest BCUT2D eigenvalue weighted by Crippen LogP contribution is 2.33. The van der Waals surface area contributed by atoms with E-state index in [0.717, 1.165) is 67.8 Å². The van der Waals surface area contributed by atoms with Gasteiger partial charge in [0.2, 0.25) is 0 Å². The van der Waals surface area contributed by atoms with E-state index in [4.69, 9.17) is 54.7 Å². The lowest BCUT2D eigenvalue weighted by Gasteiger charge is -2.36. The van der Waals surface area contributed by atoms with E-state index in [1.54, 1.807) is 12.4 Å². The first-order chi connectivity index (χ1) is 17.5. The summed E-state index contributed by atoms with van der Waals surface area (Å²) in [7, 11) is 0. The van der Waals surface area contributed by atoms with Crippen molar-refractivity contribution in [2.24, 2.45) is 0 Å². The molecular weight excluding hydrogens is 556 g/mol. The molecule has 0 amide bonds. The molecule has 2 aliphatic rings. The second-order valence-electron chi connectivity index (χ2n) is 8.61. The molecule has 0 atom stereocenters. The standard InChI is InChI=1S/C21H21Cl3N6.C2HF3O2/c22-14-1-4-16(23)13(9-14)12-29-5-7-30(8-6-29)21-20(26-15-2-3-15)28-19-17(24)10-25-11-18(19)27-21;3-2(4,5)1(6)7/h1,4,9-11,15H,2-3,5-8,12H2,(H,26,28);(H,6,7). The number of pyridine rings is 1. The van der Waals surface area contributed by atoms with Gasteiger partial charge < -0.3 is 15.3 Å². The molecule has 2 fully saturated rings. The van der Waals surface area contributed by atoms with Crippen LogP contribution in [0.2, 0.25) is 15.1 Å². The van der Waals surface area contributed by atoms with Crippen LogP contribution in [0.1, 0.15) is 18.4 Å². The Kier molecular flexibility index (Phi) is 8.47. The van der Waals surface area contributed by atoms with Crippen molar-refractivity contribution in [3.8, 4) is 0 Å². The van der Waals surface area contributed by atoms with E-state index in [0.29, 0.717) is 27.1 Å². The number of nitrogens with zero attached hydrogens (tertiary/aromatic N) is 5. The number of nitrogens with one attached hydrogen (secondary N) is 1. The number of fused-ring (bicyclic) bond motifs is 1. The predicted molar refractivity (Wildman–Crippen MR) is 137 cm³/mol. The van der Waals surface area contributed by atoms with Crippen LogP contribution in [0.25, 0.3) is 11.0 Å². The van der Waals surface area contributed by atoms with E-state index in [-0.39, 0.29) is 0 Å². The number of rotatable bonds is 5. The van der Waals surface area contributed by atoms with E-state index in [1.807, 2.05) is 18.2 Å². The summed E-state index contributed by atoms with van der Waals surface area (Å²) in [6, 6.07) is 6.09. The van der Waals surface area contributed by atoms with Crippen LogP contribution < -0.4 is 10.2 Å². The first-order valence-corrected chi connectivity index (χ1v) is 12.4. The number of benzene rings is 1. The molecule has 5 rings (SSSR count). The topological polar surface area (TPSA) is 94.5 Å². The zero-order valence-electron chi connectivity index (χ0n) is 19.3. The molecule has 1 aromatic carbocycles. The van der Waals surface area contributed by atoms with Crippen LogP contribution in [0.5, 0.6) is 0 Å². The summed E-state index contributed by atoms with van der Waals surface area (Å²) >= 11 is 18.8. The maximum Gasteiger partial charge on any atom is 0.490 e. The minimum atomic E-state index is -5.08. The average molecular weight is 578 g/mol. The van der Waals surface area contributed by atoms with Crippen LogP contribution in [0.4, 0.5) is 24.8 Å². The molecule has 0 bridgehead atoms. The minimum absolute atomic E-state index is 0.474. The summed E-state index contributed by atoms with van der Waals surface area (Å²) in [5.74, 6) is -1.07. The fraction of sp³-hybridized carbons (Fsp3) is 0.391. The number of aliphatic carboxylic acids is 1. The lowest BCUT2D eigenvalue weighted by atomic mass is 10.2. The van der Waals surface area contributed by atoms with E-state index >= 15 is 0 Å². The fourth-order valence-corrected chi connectivity index (χ4v) is 4.27. The van der Waals surface area contributed by atoms with Crippen molar-refractivity contribution in [2.45, 2.75) is 31.6 Å². The van der Waals surface area contributed by atoms with Gasteiger partial charge in [-0.3, -0.25) is 9.88 Å². The van der Waals surface area contributed by atoms with Crippen molar-refractivity contribution >= 4 is 63.4 Å². The second kappa shape index (κ2) is 11.4. The monoisotopic (exact) mass is 576 g/mol. The molecule has 2 aromatic heterocycles. The molecule has 1 aliphatic heterocycles. The van der Waals surface area contributed by atoms with Gasteiger partial charge >= 0.3 is 12.1 Å². The van der Waals surface area contributed by atoms with Crippen LogP contribution in [-0.4, -0.2) is 69.3 Å². The molecule has 0 unspecified atom stereocenters. The number of hydrogen-bond donors (Lipinski definition) is 2. The Labute approximate surface area is 225 Å². The summed E-state index contributed by atoms with van der Waals surface area (Å²) in [4.78, 5) is 27.4. The van der Waals surface area contributed by atoms with Crippen molar-refractivity contribution in [1.29, 1.82) is 0 Å². The highest BCUT2D eigenvalue weighted by atomic mass is 35.5. The highest BCUT2D eigenvalue weighted by Gasteiger charge is 2.38. The third-order valence-corrected chi connectivity index (χ3v) is 6.63. The Hall–Kier alpha value is -2.60. The van der Waals surface area contributed by atoms with Crippen LogP contribution in [0, 0.1) is 0 Å². The largest absolute Gasteiger partial charge is 0.490 e. The molecule has 2 N–H and O–H groups in total. The zero-order valence-corrected chi connectivity index (χ0v) is 21.5. The van der Waals surface area contributed by atoms with Crippen molar-refractivity contribution in [2.75, 3.05) is 36.4 Å². The van der Waals surface area contributed by atoms with E-state index in [1.165, 1.54) is 0 Å². The summed E-state index contributed by atoms with van der Waals surface area (Å²) in [5.41, 5.74) is 2.46. The molecule has 14 heteroatoms. The van der Waals surface area contributed by atoms with Gasteiger partial charge in [0.25, 0.3) is 0 Å². The zero-order chi connectivity index (χ0) is 26.7. The number of aromatic nitrogens is 3. The fourth-order valence-electron chi connectivity index (χ4n) is 3.70. The van der Waals surface area contributed by atoms with Crippen LogP contribution >= 0.6 is 34.8 Å². The Morgan fingerprint density at radius 1 is 1.05 bits per heavy atom. The maximum absolute atomic E-state index is 10.6. The lowest BCUT2D eigenvalue weighted by Crippen LogP contribution is -2.46. The minimum Gasteiger partial charge on any atom is -0.475 e. The van der Waals surface area contributed by atoms with Crippen LogP contribution in [-0.2, 0) is 11.3 Å². The number of halogens is 6. The molecule has 1 saturated heterocycles. The van der Waals surface area contributed by atoms with Gasteiger partial charge in [0.1, 0.15) is 11.0 Å². The third-order valence-electron chi connectivity index (χ3n) is 5.75. The highest BCUT2D eigenvalue weighted by molar-refractivity contribution is 6.34. The van der Waals surface area contributed by atoms with Gasteiger partial charge in [0.15, 0.2) is 11.6 Å². The van der Waals surface area contributed by atoms with E-state index in [2.05, 4.69) is 20.1 Å². The number of hydrogen-bond acceptors (Lipinski definition) is 7. The number of carbonyl (C=O) groups is 1. The Morgan fingerprint density at radius 2 is 1.73 bits per heavy atom. The maximum atomic E-state index is 10.6. The predicted octanol–water partition coefficient (Wildman–Crippen LogP) is 5.51. The smallest absolute Gasteiger partial charge is 0.475 e. The average Bonchev–Trinajstić information content (AvgIpc) is 3.66. The first-order valence-electron chi connectivity index (χ1n) is 11.3. The number of piperazine rings is 1. The molecule has 3 heterocycles. The first kappa shape index (κ1) is 27.4. The number of anilines is 2. The summed E-state index contributed by atoms with van der Waals surface area (Å²) in [5, 5.41) is 12.6. The molecule has 8 nitrogen and oxygen atoms in total. The Bertz CT molecular complexity index is 1280. The van der Waals surface area contributed by atoms with Gasteiger partial charge in [-0.2, -0.15) is 13.2 Å². The van der Waals surface area contributed by atoms with Crippen molar-refractivity contribution in [3.05, 3.63) is 51.2 Å². The normalized spacial score (nSPS) is 16.3. The van der Waals surface area contributed by atoms with Crippen molar-refractivity contribution in [1.82, 2.24) is 19.9 Å². The SMILES string of the molecule is Clc1ccc(Cl)c(CN2CCN(c3nc4cncc(Cl)c4nc3NC3CC3)CC2)c1.O=C(O)C(F)(F)F. The summed E-state index contributed by atoms with van der Waals surface area (Å²) < 4.78 is 31.7.